The van der Waals surface area contributed by atoms with Crippen LogP contribution in [0, 0.1) is 11.8 Å². The molecule has 3 heterocycles. The summed E-state index contributed by atoms with van der Waals surface area (Å²) < 4.78 is 6.37. The summed E-state index contributed by atoms with van der Waals surface area (Å²) in [4.78, 5) is 13.9. The second-order valence-electron chi connectivity index (χ2n) is 6.90. The van der Waals surface area contributed by atoms with Gasteiger partial charge in [-0.3, -0.25) is 4.79 Å². The zero-order valence-electron chi connectivity index (χ0n) is 15.9. The van der Waals surface area contributed by atoms with E-state index in [4.69, 9.17) is 4.74 Å². The van der Waals surface area contributed by atoms with Crippen LogP contribution in [0.2, 0.25) is 0 Å². The third-order valence-corrected chi connectivity index (χ3v) is 5.80. The highest BCUT2D eigenvalue weighted by Gasteiger charge is 2.38. The van der Waals surface area contributed by atoms with E-state index in [2.05, 4.69) is 35.5 Å². The Morgan fingerprint density at radius 1 is 1.29 bits per heavy atom. The largest absolute Gasteiger partial charge is 0.381 e. The van der Waals surface area contributed by atoms with Crippen molar-refractivity contribution < 1.29 is 9.53 Å². The zero-order chi connectivity index (χ0) is 19.5. The highest BCUT2D eigenvalue weighted by molar-refractivity contribution is 7.10. The van der Waals surface area contributed by atoms with E-state index in [1.54, 1.807) is 11.3 Å². The molecule has 3 atom stereocenters. The minimum Gasteiger partial charge on any atom is -0.381 e. The Labute approximate surface area is 169 Å². The van der Waals surface area contributed by atoms with Gasteiger partial charge in [-0.25, -0.2) is 0 Å². The number of carbonyl (C=O) groups is 1. The maximum atomic E-state index is 12.9. The summed E-state index contributed by atoms with van der Waals surface area (Å²) >= 11 is 1.58. The van der Waals surface area contributed by atoms with Crippen LogP contribution in [0.5, 0.6) is 0 Å². The van der Waals surface area contributed by atoms with E-state index in [0.29, 0.717) is 6.61 Å². The Kier molecular flexibility index (Phi) is 5.34. The molecule has 4 nitrogen and oxygen atoms in total. The molecule has 28 heavy (non-hydrogen) atoms. The number of dihydropyridines is 1. The van der Waals surface area contributed by atoms with Crippen LogP contribution in [0.4, 0.5) is 5.69 Å². The Morgan fingerprint density at radius 3 is 2.93 bits per heavy atom. The number of benzene rings is 1. The van der Waals surface area contributed by atoms with E-state index in [-0.39, 0.29) is 24.0 Å². The molecular weight excluding hydrogens is 368 g/mol. The summed E-state index contributed by atoms with van der Waals surface area (Å²) in [7, 11) is 0. The number of allylic oxidation sites excluding steroid dienone is 2. The summed E-state index contributed by atoms with van der Waals surface area (Å²) in [5.74, 6) is 5.63. The van der Waals surface area contributed by atoms with Crippen LogP contribution in [-0.4, -0.2) is 18.6 Å². The Balaban J connectivity index is 1.70. The average Bonchev–Trinajstić information content (AvgIpc) is 3.20. The molecule has 3 unspecified atom stereocenters. The van der Waals surface area contributed by atoms with E-state index < -0.39 is 0 Å². The molecule has 0 aliphatic carbocycles. The SMILES string of the molecule is CC#Cc1ccc2c(c1)C(OCC1=CC=CC(C)N1)C(c1cccs1)C(=O)N2. The molecular formula is C23H22N2O2S. The van der Waals surface area contributed by atoms with Crippen LogP contribution in [0.15, 0.2) is 59.6 Å². The minimum atomic E-state index is -0.380. The van der Waals surface area contributed by atoms with Crippen LogP contribution in [0.3, 0.4) is 0 Å². The van der Waals surface area contributed by atoms with Crippen LogP contribution >= 0.6 is 11.3 Å². The topological polar surface area (TPSA) is 50.4 Å². The van der Waals surface area contributed by atoms with Crippen molar-refractivity contribution >= 4 is 22.9 Å². The molecule has 5 heteroatoms. The van der Waals surface area contributed by atoms with Gasteiger partial charge in [-0.05, 0) is 49.6 Å². The quantitative estimate of drug-likeness (QED) is 0.764. The van der Waals surface area contributed by atoms with Crippen molar-refractivity contribution in [2.24, 2.45) is 0 Å². The molecule has 1 aromatic carbocycles. The smallest absolute Gasteiger partial charge is 0.235 e. The predicted octanol–water partition coefficient (Wildman–Crippen LogP) is 4.34. The first-order valence-electron chi connectivity index (χ1n) is 9.32. The van der Waals surface area contributed by atoms with E-state index in [9.17, 15) is 4.79 Å². The third kappa shape index (κ3) is 3.75. The van der Waals surface area contributed by atoms with E-state index in [1.165, 1.54) is 0 Å². The summed E-state index contributed by atoms with van der Waals surface area (Å²) in [6.07, 6.45) is 5.78. The number of rotatable bonds is 4. The van der Waals surface area contributed by atoms with Crippen LogP contribution in [-0.2, 0) is 9.53 Å². The van der Waals surface area contributed by atoms with Gasteiger partial charge >= 0.3 is 0 Å². The fourth-order valence-electron chi connectivity index (χ4n) is 3.59. The first kappa shape index (κ1) is 18.5. The van der Waals surface area contributed by atoms with Crippen molar-refractivity contribution in [2.75, 3.05) is 11.9 Å². The van der Waals surface area contributed by atoms with Crippen molar-refractivity contribution in [3.05, 3.63) is 75.6 Å². The van der Waals surface area contributed by atoms with E-state index >= 15 is 0 Å². The molecule has 0 saturated carbocycles. The summed E-state index contributed by atoms with van der Waals surface area (Å²) in [5.41, 5.74) is 3.70. The molecule has 142 valence electrons. The number of nitrogens with one attached hydrogen (secondary N) is 2. The van der Waals surface area contributed by atoms with Crippen LogP contribution in [0.1, 0.15) is 41.9 Å². The zero-order valence-corrected chi connectivity index (χ0v) is 16.7. The number of amides is 1. The number of ether oxygens (including phenoxy) is 1. The van der Waals surface area contributed by atoms with Gasteiger partial charge in [-0.15, -0.1) is 17.3 Å². The predicted molar refractivity (Wildman–Crippen MR) is 113 cm³/mol. The van der Waals surface area contributed by atoms with Crippen molar-refractivity contribution in [3.63, 3.8) is 0 Å². The average molecular weight is 391 g/mol. The molecule has 0 spiro atoms. The van der Waals surface area contributed by atoms with Crippen LogP contribution in [0.25, 0.3) is 0 Å². The highest BCUT2D eigenvalue weighted by Crippen LogP contribution is 2.44. The summed E-state index contributed by atoms with van der Waals surface area (Å²) in [5, 5.41) is 8.43. The van der Waals surface area contributed by atoms with Gasteiger partial charge in [-0.2, -0.15) is 0 Å². The number of hydrogen-bond donors (Lipinski definition) is 2. The van der Waals surface area contributed by atoms with Gasteiger partial charge in [0, 0.05) is 33.4 Å². The Bertz CT molecular complexity index is 995. The maximum absolute atomic E-state index is 12.9. The Morgan fingerprint density at radius 2 is 2.18 bits per heavy atom. The summed E-state index contributed by atoms with van der Waals surface area (Å²) in [6, 6.07) is 10.1. The standard InChI is InChI=1S/C23H22N2O2S/c1-3-6-16-10-11-19-18(13-16)22(27-14-17-8-4-7-15(2)24-17)21(23(26)25-19)20-9-5-12-28-20/h4-5,7-13,15,21-22,24H,14H2,1-2H3,(H,25,26). The molecule has 0 radical (unpaired) electrons. The van der Waals surface area contributed by atoms with Crippen LogP contribution < -0.4 is 10.6 Å². The van der Waals surface area contributed by atoms with Gasteiger partial charge in [0.25, 0.3) is 0 Å². The minimum absolute atomic E-state index is 0.0341. The molecule has 2 N–H and O–H groups in total. The number of thiophene rings is 1. The van der Waals surface area contributed by atoms with E-state index in [1.807, 2.05) is 54.8 Å². The third-order valence-electron chi connectivity index (χ3n) is 4.85. The van der Waals surface area contributed by atoms with Gasteiger partial charge in [0.1, 0.15) is 12.0 Å². The molecule has 2 aromatic rings. The molecule has 0 bridgehead atoms. The lowest BCUT2D eigenvalue weighted by molar-refractivity contribution is -0.121. The molecule has 2 aliphatic heterocycles. The Hall–Kier alpha value is -2.81. The van der Waals surface area contributed by atoms with Gasteiger partial charge in [0.15, 0.2) is 0 Å². The van der Waals surface area contributed by atoms with Crippen molar-refractivity contribution in [1.29, 1.82) is 0 Å². The monoisotopic (exact) mass is 390 g/mol. The number of carbonyl (C=O) groups excluding carboxylic acids is 1. The molecule has 4 rings (SSSR count). The number of anilines is 1. The molecule has 0 fully saturated rings. The number of hydrogen-bond acceptors (Lipinski definition) is 4. The molecule has 1 aromatic heterocycles. The van der Waals surface area contributed by atoms with Gasteiger partial charge in [0.2, 0.25) is 5.91 Å². The number of fused-ring (bicyclic) bond motifs is 1. The van der Waals surface area contributed by atoms with Crippen molar-refractivity contribution in [3.8, 4) is 11.8 Å². The van der Waals surface area contributed by atoms with Gasteiger partial charge < -0.3 is 15.4 Å². The maximum Gasteiger partial charge on any atom is 0.235 e. The van der Waals surface area contributed by atoms with Crippen molar-refractivity contribution in [1.82, 2.24) is 5.32 Å². The first-order valence-corrected chi connectivity index (χ1v) is 10.2. The fourth-order valence-corrected chi connectivity index (χ4v) is 4.44. The van der Waals surface area contributed by atoms with Gasteiger partial charge in [0.05, 0.1) is 6.61 Å². The fraction of sp³-hybridized carbons (Fsp3) is 0.261. The molecule has 2 aliphatic rings. The second kappa shape index (κ2) is 8.05. The lowest BCUT2D eigenvalue weighted by atomic mass is 9.87. The normalized spacial score (nSPS) is 23.0. The first-order chi connectivity index (χ1) is 13.7. The van der Waals surface area contributed by atoms with Gasteiger partial charge in [-0.1, -0.05) is 24.1 Å². The lowest BCUT2D eigenvalue weighted by Crippen LogP contribution is -2.34. The molecule has 1 amide bonds. The second-order valence-corrected chi connectivity index (χ2v) is 7.88. The highest BCUT2D eigenvalue weighted by atomic mass is 32.1. The van der Waals surface area contributed by atoms with Crippen molar-refractivity contribution in [2.45, 2.75) is 31.9 Å². The lowest BCUT2D eigenvalue weighted by Gasteiger charge is -2.33. The summed E-state index contributed by atoms with van der Waals surface area (Å²) in [6.45, 7) is 4.33. The van der Waals surface area contributed by atoms with E-state index in [0.717, 1.165) is 27.4 Å². The molecule has 0 saturated heterocycles.